The van der Waals surface area contributed by atoms with Gasteiger partial charge in [-0.1, -0.05) is 5.16 Å². The molecule has 0 bridgehead atoms. The maximum atomic E-state index is 12.2. The summed E-state index contributed by atoms with van der Waals surface area (Å²) >= 11 is 1.72. The highest BCUT2D eigenvalue weighted by Crippen LogP contribution is 2.28. The Morgan fingerprint density at radius 2 is 2.16 bits per heavy atom. The van der Waals surface area contributed by atoms with Gasteiger partial charge in [-0.25, -0.2) is 0 Å². The number of nitrogens with two attached hydrogens (primary N) is 1. The molecule has 1 heterocycles. The summed E-state index contributed by atoms with van der Waals surface area (Å²) in [6, 6.07) is 7.06. The molecule has 1 aromatic carbocycles. The Labute approximate surface area is 116 Å². The van der Waals surface area contributed by atoms with Gasteiger partial charge in [-0.05, 0) is 42.9 Å². The summed E-state index contributed by atoms with van der Waals surface area (Å²) in [5.74, 6) is 1.26. The van der Waals surface area contributed by atoms with E-state index in [1.165, 1.54) is 0 Å². The Morgan fingerprint density at radius 1 is 1.47 bits per heavy atom. The van der Waals surface area contributed by atoms with Crippen molar-refractivity contribution in [3.05, 3.63) is 29.8 Å². The van der Waals surface area contributed by atoms with Crippen molar-refractivity contribution in [2.45, 2.75) is 18.1 Å². The summed E-state index contributed by atoms with van der Waals surface area (Å²) in [5.41, 5.74) is 6.94. The minimum atomic E-state index is 0.0619. The summed E-state index contributed by atoms with van der Waals surface area (Å²) in [6.45, 7) is 0. The summed E-state index contributed by atoms with van der Waals surface area (Å²) in [6.07, 6.45) is 2.06. The summed E-state index contributed by atoms with van der Waals surface area (Å²) in [5, 5.41) is 11.6. The number of benzene rings is 1. The monoisotopic (exact) mass is 279 g/mol. The Hall–Kier alpha value is -1.69. The fourth-order valence-corrected chi connectivity index (χ4v) is 3.28. The van der Waals surface area contributed by atoms with E-state index < -0.39 is 0 Å². The number of rotatable bonds is 3. The maximum Gasteiger partial charge on any atom is 0.239 e. The molecule has 3 N–H and O–H groups in total. The fraction of sp³-hybridized carbons (Fsp3) is 0.385. The van der Waals surface area contributed by atoms with Gasteiger partial charge in [-0.2, -0.15) is 0 Å². The second-order valence-electron chi connectivity index (χ2n) is 4.43. The lowest BCUT2D eigenvalue weighted by Gasteiger charge is -2.20. The van der Waals surface area contributed by atoms with Crippen LogP contribution in [0, 0.1) is 0 Å². The van der Waals surface area contributed by atoms with Gasteiger partial charge in [0.1, 0.15) is 0 Å². The minimum Gasteiger partial charge on any atom is -0.409 e. The molecule has 1 amide bonds. The highest BCUT2D eigenvalue weighted by atomic mass is 32.2. The number of amidine groups is 1. The SMILES string of the molecule is CN(C(=O)C1CCCS1)c1ccc(C(N)=NO)cc1. The lowest BCUT2D eigenvalue weighted by molar-refractivity contribution is -0.117. The van der Waals surface area contributed by atoms with Crippen LogP contribution in [0.4, 0.5) is 5.69 Å². The van der Waals surface area contributed by atoms with Crippen molar-refractivity contribution in [1.29, 1.82) is 0 Å². The molecule has 0 spiro atoms. The third kappa shape index (κ3) is 3.01. The Morgan fingerprint density at radius 3 is 2.68 bits per heavy atom. The van der Waals surface area contributed by atoms with E-state index in [1.54, 1.807) is 48.0 Å². The van der Waals surface area contributed by atoms with Crippen LogP contribution in [-0.4, -0.2) is 35.0 Å². The molecule has 0 radical (unpaired) electrons. The first-order valence-electron chi connectivity index (χ1n) is 6.10. The van der Waals surface area contributed by atoms with Crippen LogP contribution in [0.25, 0.3) is 0 Å². The van der Waals surface area contributed by atoms with E-state index in [-0.39, 0.29) is 17.0 Å². The number of hydrogen-bond acceptors (Lipinski definition) is 4. The van der Waals surface area contributed by atoms with E-state index >= 15 is 0 Å². The van der Waals surface area contributed by atoms with Crippen LogP contribution in [0.2, 0.25) is 0 Å². The predicted octanol–water partition coefficient (Wildman–Crippen LogP) is 1.64. The van der Waals surface area contributed by atoms with Crippen molar-refractivity contribution in [3.8, 4) is 0 Å². The molecule has 1 aliphatic heterocycles. The second kappa shape index (κ2) is 5.97. The lowest BCUT2D eigenvalue weighted by atomic mass is 10.1. The molecule has 1 fully saturated rings. The first-order valence-corrected chi connectivity index (χ1v) is 7.15. The zero-order valence-electron chi connectivity index (χ0n) is 10.7. The molecule has 1 saturated heterocycles. The summed E-state index contributed by atoms with van der Waals surface area (Å²) in [4.78, 5) is 13.9. The van der Waals surface area contributed by atoms with Crippen LogP contribution in [0.15, 0.2) is 29.4 Å². The number of carbonyl (C=O) groups excluding carboxylic acids is 1. The van der Waals surface area contributed by atoms with Gasteiger partial charge in [-0.3, -0.25) is 4.79 Å². The molecule has 0 aromatic heterocycles. The Balaban J connectivity index is 2.10. The molecule has 1 atom stereocenters. The number of nitrogens with zero attached hydrogens (tertiary/aromatic N) is 2. The zero-order valence-corrected chi connectivity index (χ0v) is 11.6. The first kappa shape index (κ1) is 13.7. The quantitative estimate of drug-likeness (QED) is 0.381. The normalized spacial score (nSPS) is 19.4. The minimum absolute atomic E-state index is 0.0619. The molecular formula is C13H17N3O2S. The molecule has 0 aliphatic carbocycles. The molecule has 0 saturated carbocycles. The molecule has 1 aliphatic rings. The van der Waals surface area contributed by atoms with E-state index in [0.29, 0.717) is 5.56 Å². The highest BCUT2D eigenvalue weighted by Gasteiger charge is 2.26. The largest absolute Gasteiger partial charge is 0.409 e. The van der Waals surface area contributed by atoms with E-state index in [1.807, 2.05) is 0 Å². The van der Waals surface area contributed by atoms with Crippen LogP contribution in [0.1, 0.15) is 18.4 Å². The van der Waals surface area contributed by atoms with Crippen molar-refractivity contribution in [3.63, 3.8) is 0 Å². The van der Waals surface area contributed by atoms with E-state index in [0.717, 1.165) is 24.3 Å². The molecule has 1 unspecified atom stereocenters. The summed E-state index contributed by atoms with van der Waals surface area (Å²) in [7, 11) is 1.78. The topological polar surface area (TPSA) is 78.9 Å². The van der Waals surface area contributed by atoms with Crippen LogP contribution >= 0.6 is 11.8 Å². The van der Waals surface area contributed by atoms with Gasteiger partial charge in [-0.15, -0.1) is 11.8 Å². The van der Waals surface area contributed by atoms with Gasteiger partial charge in [0.25, 0.3) is 0 Å². The van der Waals surface area contributed by atoms with Crippen LogP contribution in [0.5, 0.6) is 0 Å². The molecule has 1 aromatic rings. The van der Waals surface area contributed by atoms with E-state index in [2.05, 4.69) is 5.16 Å². The van der Waals surface area contributed by atoms with Gasteiger partial charge in [0.05, 0.1) is 5.25 Å². The van der Waals surface area contributed by atoms with Gasteiger partial charge in [0, 0.05) is 18.3 Å². The first-order chi connectivity index (χ1) is 9.13. The standard InChI is InChI=1S/C13H17N3O2S/c1-16(13(17)11-3-2-8-19-11)10-6-4-9(5-7-10)12(14)15-18/h4-7,11,18H,2-3,8H2,1H3,(H2,14,15). The molecule has 102 valence electrons. The van der Waals surface area contributed by atoms with Crippen LogP contribution < -0.4 is 10.6 Å². The smallest absolute Gasteiger partial charge is 0.239 e. The van der Waals surface area contributed by atoms with Crippen LogP contribution in [0.3, 0.4) is 0 Å². The molecule has 5 nitrogen and oxygen atoms in total. The Kier molecular flexibility index (Phi) is 4.31. The number of oxime groups is 1. The van der Waals surface area contributed by atoms with Crippen molar-refractivity contribution >= 4 is 29.2 Å². The van der Waals surface area contributed by atoms with Crippen molar-refractivity contribution in [2.24, 2.45) is 10.9 Å². The third-order valence-electron chi connectivity index (χ3n) is 3.19. The van der Waals surface area contributed by atoms with E-state index in [9.17, 15) is 4.79 Å². The second-order valence-corrected chi connectivity index (χ2v) is 5.74. The number of anilines is 1. The van der Waals surface area contributed by atoms with Gasteiger partial charge in [0.2, 0.25) is 5.91 Å². The number of hydrogen-bond donors (Lipinski definition) is 2. The number of amides is 1. The van der Waals surface area contributed by atoms with Gasteiger partial charge in [0.15, 0.2) is 5.84 Å². The molecule has 19 heavy (non-hydrogen) atoms. The van der Waals surface area contributed by atoms with Gasteiger partial charge < -0.3 is 15.8 Å². The Bertz CT molecular complexity index is 481. The molecular weight excluding hydrogens is 262 g/mol. The average Bonchev–Trinajstić information content (AvgIpc) is 2.99. The number of thioether (sulfide) groups is 1. The molecule has 2 rings (SSSR count). The number of carbonyl (C=O) groups is 1. The molecule has 6 heteroatoms. The van der Waals surface area contributed by atoms with Crippen molar-refractivity contribution < 1.29 is 10.0 Å². The predicted molar refractivity (Wildman–Crippen MR) is 77.8 cm³/mol. The maximum absolute atomic E-state index is 12.2. The zero-order chi connectivity index (χ0) is 13.8. The highest BCUT2D eigenvalue weighted by molar-refractivity contribution is 8.00. The van der Waals surface area contributed by atoms with Crippen LogP contribution in [-0.2, 0) is 4.79 Å². The van der Waals surface area contributed by atoms with Crippen molar-refractivity contribution in [2.75, 3.05) is 17.7 Å². The third-order valence-corrected chi connectivity index (χ3v) is 4.56. The lowest BCUT2D eigenvalue weighted by Crippen LogP contribution is -2.33. The summed E-state index contributed by atoms with van der Waals surface area (Å²) < 4.78 is 0. The van der Waals surface area contributed by atoms with Crippen molar-refractivity contribution in [1.82, 2.24) is 0 Å². The average molecular weight is 279 g/mol. The fourth-order valence-electron chi connectivity index (χ4n) is 2.03. The van der Waals surface area contributed by atoms with E-state index in [4.69, 9.17) is 10.9 Å². The van der Waals surface area contributed by atoms with Gasteiger partial charge >= 0.3 is 0 Å².